The van der Waals surface area contributed by atoms with Crippen molar-refractivity contribution in [3.05, 3.63) is 42.0 Å². The molecule has 3 heteroatoms. The van der Waals surface area contributed by atoms with Gasteiger partial charge in [-0.05, 0) is 11.6 Å². The quantitative estimate of drug-likeness (QED) is 0.546. The predicted octanol–water partition coefficient (Wildman–Crippen LogP) is 2.52. The molecule has 16 heavy (non-hydrogen) atoms. The van der Waals surface area contributed by atoms with E-state index in [4.69, 9.17) is 9.47 Å². The summed E-state index contributed by atoms with van der Waals surface area (Å²) in [7, 11) is 1.62. The van der Waals surface area contributed by atoms with Crippen LogP contribution in [0.2, 0.25) is 0 Å². The third-order valence-electron chi connectivity index (χ3n) is 2.13. The Balaban J connectivity index is 2.55. The molecule has 86 valence electrons. The van der Waals surface area contributed by atoms with E-state index in [0.29, 0.717) is 25.2 Å². The summed E-state index contributed by atoms with van der Waals surface area (Å²) < 4.78 is 9.97. The largest absolute Gasteiger partial charge is 0.462 e. The molecule has 0 unspecified atom stereocenters. The molecular weight excluding hydrogens is 204 g/mol. The molecule has 3 nitrogen and oxygen atoms in total. The fraction of sp³-hybridized carbons (Fsp3) is 0.308. The molecule has 0 fully saturated rings. The lowest BCUT2D eigenvalue weighted by molar-refractivity contribution is 0.0468. The predicted molar refractivity (Wildman–Crippen MR) is 63.3 cm³/mol. The maximum atomic E-state index is 11.7. The van der Waals surface area contributed by atoms with Crippen LogP contribution in [0.3, 0.4) is 0 Å². The molecule has 0 aliphatic rings. The zero-order valence-corrected chi connectivity index (χ0v) is 9.44. The lowest BCUT2D eigenvalue weighted by Gasteiger charge is -2.06. The smallest absolute Gasteiger partial charge is 0.338 e. The minimum absolute atomic E-state index is 0.313. The molecule has 0 saturated carbocycles. The van der Waals surface area contributed by atoms with Gasteiger partial charge in [-0.1, -0.05) is 30.9 Å². The normalized spacial score (nSPS) is 9.81. The zero-order valence-electron chi connectivity index (χ0n) is 9.44. The molecule has 0 spiro atoms. The highest BCUT2D eigenvalue weighted by molar-refractivity contribution is 5.93. The first kappa shape index (κ1) is 12.5. The van der Waals surface area contributed by atoms with E-state index < -0.39 is 0 Å². The van der Waals surface area contributed by atoms with Crippen molar-refractivity contribution in [2.75, 3.05) is 20.3 Å². The molecule has 1 rings (SSSR count). The summed E-state index contributed by atoms with van der Waals surface area (Å²) >= 11 is 0. The van der Waals surface area contributed by atoms with Crippen LogP contribution in [0, 0.1) is 0 Å². The second-order valence-electron chi connectivity index (χ2n) is 3.27. The highest BCUT2D eigenvalue weighted by Gasteiger charge is 2.09. The highest BCUT2D eigenvalue weighted by atomic mass is 16.5. The van der Waals surface area contributed by atoms with Crippen molar-refractivity contribution in [3.63, 3.8) is 0 Å². The molecule has 0 aliphatic carbocycles. The fourth-order valence-corrected chi connectivity index (χ4v) is 1.31. The maximum absolute atomic E-state index is 11.7. The van der Waals surface area contributed by atoms with Crippen LogP contribution >= 0.6 is 0 Å². The van der Waals surface area contributed by atoms with Gasteiger partial charge in [0, 0.05) is 20.1 Å². The summed E-state index contributed by atoms with van der Waals surface area (Å²) in [5.41, 5.74) is 1.34. The van der Waals surface area contributed by atoms with Crippen molar-refractivity contribution in [2.45, 2.75) is 6.42 Å². The van der Waals surface area contributed by atoms with Gasteiger partial charge < -0.3 is 9.47 Å². The third-order valence-corrected chi connectivity index (χ3v) is 2.13. The summed E-state index contributed by atoms with van der Waals surface area (Å²) in [5, 5.41) is 0. The monoisotopic (exact) mass is 220 g/mol. The summed E-state index contributed by atoms with van der Waals surface area (Å²) in [6.07, 6.45) is 2.35. The average Bonchev–Trinajstić information content (AvgIpc) is 2.34. The van der Waals surface area contributed by atoms with Crippen molar-refractivity contribution in [1.29, 1.82) is 0 Å². The van der Waals surface area contributed by atoms with E-state index in [1.54, 1.807) is 25.3 Å². The van der Waals surface area contributed by atoms with Gasteiger partial charge >= 0.3 is 5.97 Å². The van der Waals surface area contributed by atoms with Crippen LogP contribution in [-0.2, 0) is 9.47 Å². The number of methoxy groups -OCH3 is 1. The van der Waals surface area contributed by atoms with E-state index in [1.165, 1.54) is 0 Å². The van der Waals surface area contributed by atoms with Crippen LogP contribution in [0.25, 0.3) is 6.08 Å². The molecule has 0 atom stereocenters. The van der Waals surface area contributed by atoms with E-state index >= 15 is 0 Å². The van der Waals surface area contributed by atoms with Crippen molar-refractivity contribution in [3.8, 4) is 0 Å². The van der Waals surface area contributed by atoms with Gasteiger partial charge in [-0.3, -0.25) is 0 Å². The van der Waals surface area contributed by atoms with Gasteiger partial charge in [-0.15, -0.1) is 0 Å². The van der Waals surface area contributed by atoms with Gasteiger partial charge in [-0.25, -0.2) is 4.79 Å². The van der Waals surface area contributed by atoms with E-state index in [0.717, 1.165) is 5.56 Å². The Morgan fingerprint density at radius 1 is 1.38 bits per heavy atom. The summed E-state index contributed by atoms with van der Waals surface area (Å²) in [6, 6.07) is 7.23. The van der Waals surface area contributed by atoms with Crippen molar-refractivity contribution in [2.24, 2.45) is 0 Å². The molecule has 0 radical (unpaired) electrons. The number of ether oxygens (including phenoxy) is 2. The van der Waals surface area contributed by atoms with Gasteiger partial charge in [0.2, 0.25) is 0 Å². The first-order chi connectivity index (χ1) is 7.79. The van der Waals surface area contributed by atoms with Crippen LogP contribution in [0.1, 0.15) is 22.3 Å². The minimum Gasteiger partial charge on any atom is -0.462 e. The minimum atomic E-state index is -0.313. The van der Waals surface area contributed by atoms with Crippen LogP contribution in [0.5, 0.6) is 0 Å². The first-order valence-corrected chi connectivity index (χ1v) is 5.17. The third kappa shape index (κ3) is 3.51. The lowest BCUT2D eigenvalue weighted by atomic mass is 10.1. The molecular formula is C13H16O3. The molecule has 0 aromatic heterocycles. The van der Waals surface area contributed by atoms with Gasteiger partial charge in [0.05, 0.1) is 12.2 Å². The van der Waals surface area contributed by atoms with E-state index in [9.17, 15) is 4.79 Å². The van der Waals surface area contributed by atoms with E-state index in [1.807, 2.05) is 12.1 Å². The molecule has 0 saturated heterocycles. The summed E-state index contributed by atoms with van der Waals surface area (Å²) in [4.78, 5) is 11.7. The standard InChI is InChI=1S/C13H16O3/c1-3-11-7-4-5-8-12(11)13(14)16-10-6-9-15-2/h3-5,7-8H,1,6,9-10H2,2H3. The highest BCUT2D eigenvalue weighted by Crippen LogP contribution is 2.11. The molecule has 0 amide bonds. The number of hydrogen-bond donors (Lipinski definition) is 0. The van der Waals surface area contributed by atoms with Crippen LogP contribution in [0.15, 0.2) is 30.8 Å². The number of rotatable bonds is 6. The second kappa shape index (κ2) is 6.80. The molecule has 0 bridgehead atoms. The Morgan fingerprint density at radius 3 is 2.81 bits per heavy atom. The zero-order chi connectivity index (χ0) is 11.8. The summed E-state index contributed by atoms with van der Waals surface area (Å²) in [6.45, 7) is 4.62. The fourth-order valence-electron chi connectivity index (χ4n) is 1.31. The van der Waals surface area contributed by atoms with Gasteiger partial charge in [-0.2, -0.15) is 0 Å². The molecule has 0 N–H and O–H groups in total. The number of carbonyl (C=O) groups is 1. The SMILES string of the molecule is C=Cc1ccccc1C(=O)OCCCOC. The Bertz CT molecular complexity index is 358. The van der Waals surface area contributed by atoms with E-state index in [2.05, 4.69) is 6.58 Å². The van der Waals surface area contributed by atoms with Gasteiger partial charge in [0.1, 0.15) is 0 Å². The molecule has 1 aromatic rings. The van der Waals surface area contributed by atoms with E-state index in [-0.39, 0.29) is 5.97 Å². The Labute approximate surface area is 95.7 Å². The number of carbonyl (C=O) groups excluding carboxylic acids is 1. The Morgan fingerprint density at radius 2 is 2.12 bits per heavy atom. The summed E-state index contributed by atoms with van der Waals surface area (Å²) in [5.74, 6) is -0.313. The van der Waals surface area contributed by atoms with Crippen molar-refractivity contribution < 1.29 is 14.3 Å². The van der Waals surface area contributed by atoms with Crippen LogP contribution < -0.4 is 0 Å². The first-order valence-electron chi connectivity index (χ1n) is 5.17. The number of benzene rings is 1. The van der Waals surface area contributed by atoms with Gasteiger partial charge in [0.25, 0.3) is 0 Å². The van der Waals surface area contributed by atoms with Crippen molar-refractivity contribution >= 4 is 12.0 Å². The average molecular weight is 220 g/mol. The Kier molecular flexibility index (Phi) is 5.29. The van der Waals surface area contributed by atoms with Crippen LogP contribution in [-0.4, -0.2) is 26.3 Å². The second-order valence-corrected chi connectivity index (χ2v) is 3.27. The van der Waals surface area contributed by atoms with Crippen molar-refractivity contribution in [1.82, 2.24) is 0 Å². The van der Waals surface area contributed by atoms with Crippen LogP contribution in [0.4, 0.5) is 0 Å². The number of hydrogen-bond acceptors (Lipinski definition) is 3. The molecule has 0 heterocycles. The topological polar surface area (TPSA) is 35.5 Å². The van der Waals surface area contributed by atoms with Gasteiger partial charge in [0.15, 0.2) is 0 Å². The molecule has 1 aromatic carbocycles. The maximum Gasteiger partial charge on any atom is 0.338 e. The molecule has 0 aliphatic heterocycles. The Hall–Kier alpha value is -1.61. The lowest BCUT2D eigenvalue weighted by Crippen LogP contribution is -2.09. The number of esters is 1.